The predicted molar refractivity (Wildman–Crippen MR) is 67.7 cm³/mol. The lowest BCUT2D eigenvalue weighted by Gasteiger charge is -2.07. The van der Waals surface area contributed by atoms with Gasteiger partial charge in [0.2, 0.25) is 0 Å². The van der Waals surface area contributed by atoms with Gasteiger partial charge in [-0.2, -0.15) is 10.2 Å². The number of nitrogens with zero attached hydrogens (tertiary/aromatic N) is 3. The zero-order valence-corrected chi connectivity index (χ0v) is 11.1. The van der Waals surface area contributed by atoms with Crippen LogP contribution in [0.5, 0.6) is 0 Å². The maximum atomic E-state index is 11.8. The van der Waals surface area contributed by atoms with Crippen molar-refractivity contribution in [3.63, 3.8) is 0 Å². The lowest BCUT2D eigenvalue weighted by Crippen LogP contribution is -2.25. The first-order chi connectivity index (χ1) is 8.63. The van der Waals surface area contributed by atoms with Crippen molar-refractivity contribution >= 4 is 29.1 Å². The van der Waals surface area contributed by atoms with E-state index in [9.17, 15) is 4.79 Å². The Balaban J connectivity index is 2.06. The molecule has 18 heavy (non-hydrogen) atoms. The summed E-state index contributed by atoms with van der Waals surface area (Å²) in [4.78, 5) is 11.8. The first kappa shape index (κ1) is 12.9. The number of halogens is 2. The summed E-state index contributed by atoms with van der Waals surface area (Å²) in [5, 5.41) is 13.8. The van der Waals surface area contributed by atoms with Gasteiger partial charge in [0.15, 0.2) is 0 Å². The van der Waals surface area contributed by atoms with E-state index >= 15 is 0 Å². The maximum Gasteiger partial charge on any atom is 0.271 e. The molecule has 0 aliphatic heterocycles. The Morgan fingerprint density at radius 2 is 2.22 bits per heavy atom. The average molecular weight is 288 g/mol. The number of rotatable bonds is 4. The van der Waals surface area contributed by atoms with Gasteiger partial charge >= 0.3 is 0 Å². The molecule has 0 aliphatic rings. The number of carbonyl (C=O) groups excluding carboxylic acids is 1. The molecule has 0 spiro atoms. The van der Waals surface area contributed by atoms with Crippen LogP contribution >= 0.6 is 23.2 Å². The van der Waals surface area contributed by atoms with E-state index in [1.807, 2.05) is 6.92 Å². The van der Waals surface area contributed by atoms with Crippen LogP contribution in [0.1, 0.15) is 23.1 Å². The van der Waals surface area contributed by atoms with E-state index in [2.05, 4.69) is 20.6 Å². The Bertz CT molecular complexity index is 562. The maximum absolute atomic E-state index is 11.8. The molecule has 2 heterocycles. The summed E-state index contributed by atoms with van der Waals surface area (Å²) in [7, 11) is 0. The number of carbonyl (C=O) groups is 1. The van der Waals surface area contributed by atoms with E-state index in [4.69, 9.17) is 23.2 Å². The molecule has 0 atom stereocenters. The van der Waals surface area contributed by atoms with Gasteiger partial charge in [0, 0.05) is 6.54 Å². The summed E-state index contributed by atoms with van der Waals surface area (Å²) < 4.78 is 1.72. The van der Waals surface area contributed by atoms with Crippen molar-refractivity contribution < 1.29 is 4.79 Å². The molecular formula is C10H11Cl2N5O. The summed E-state index contributed by atoms with van der Waals surface area (Å²) >= 11 is 11.8. The minimum Gasteiger partial charge on any atom is -0.345 e. The van der Waals surface area contributed by atoms with Crippen LogP contribution in [0.4, 0.5) is 0 Å². The van der Waals surface area contributed by atoms with Gasteiger partial charge in [-0.3, -0.25) is 14.6 Å². The third kappa shape index (κ3) is 2.49. The number of hydrogen-bond acceptors (Lipinski definition) is 3. The standard InChI is InChI=1S/C10H11Cl2N5O/c1-2-17-8(6(11)4-15-17)5-13-10(18)9-7(12)3-14-16-9/h3-4H,2,5H2,1H3,(H,13,18)(H,14,16). The monoisotopic (exact) mass is 287 g/mol. The molecule has 6 nitrogen and oxygen atoms in total. The second kappa shape index (κ2) is 5.41. The van der Waals surface area contributed by atoms with E-state index in [0.717, 1.165) is 5.69 Å². The highest BCUT2D eigenvalue weighted by atomic mass is 35.5. The first-order valence-electron chi connectivity index (χ1n) is 5.30. The molecule has 2 aromatic heterocycles. The molecule has 2 rings (SSSR count). The number of nitrogens with one attached hydrogen (secondary N) is 2. The van der Waals surface area contributed by atoms with E-state index in [1.54, 1.807) is 10.9 Å². The van der Waals surface area contributed by atoms with Gasteiger partial charge in [-0.1, -0.05) is 23.2 Å². The Morgan fingerprint density at radius 1 is 1.44 bits per heavy atom. The largest absolute Gasteiger partial charge is 0.345 e. The summed E-state index contributed by atoms with van der Waals surface area (Å²) in [6.45, 7) is 2.91. The molecule has 2 aromatic rings. The molecule has 0 unspecified atom stereocenters. The molecule has 8 heteroatoms. The fourth-order valence-corrected chi connectivity index (χ4v) is 1.90. The average Bonchev–Trinajstić information content (AvgIpc) is 2.92. The summed E-state index contributed by atoms with van der Waals surface area (Å²) in [5.74, 6) is -0.336. The molecule has 0 radical (unpaired) electrons. The SMILES string of the molecule is CCn1ncc(Cl)c1CNC(=O)c1[nH]ncc1Cl. The van der Waals surface area contributed by atoms with E-state index in [-0.39, 0.29) is 23.2 Å². The van der Waals surface area contributed by atoms with Crippen molar-refractivity contribution in [2.45, 2.75) is 20.0 Å². The summed E-state index contributed by atoms with van der Waals surface area (Å²) in [6, 6.07) is 0. The third-order valence-electron chi connectivity index (χ3n) is 2.43. The molecule has 2 N–H and O–H groups in total. The molecule has 0 bridgehead atoms. The highest BCUT2D eigenvalue weighted by Crippen LogP contribution is 2.15. The zero-order valence-electron chi connectivity index (χ0n) is 9.57. The van der Waals surface area contributed by atoms with Crippen LogP contribution in [0.3, 0.4) is 0 Å². The van der Waals surface area contributed by atoms with Crippen LogP contribution in [-0.2, 0) is 13.1 Å². The molecule has 0 aliphatic carbocycles. The number of hydrogen-bond donors (Lipinski definition) is 2. The molecule has 0 saturated carbocycles. The molecule has 1 amide bonds. The van der Waals surface area contributed by atoms with Crippen LogP contribution < -0.4 is 5.32 Å². The molecule has 0 aromatic carbocycles. The second-order valence-electron chi connectivity index (χ2n) is 3.53. The van der Waals surface area contributed by atoms with Crippen molar-refractivity contribution in [1.29, 1.82) is 0 Å². The van der Waals surface area contributed by atoms with Crippen LogP contribution in [0, 0.1) is 0 Å². The predicted octanol–water partition coefficient (Wildman–Crippen LogP) is 1.86. The highest BCUT2D eigenvalue weighted by Gasteiger charge is 2.14. The Morgan fingerprint density at radius 3 is 2.83 bits per heavy atom. The Kier molecular flexibility index (Phi) is 3.88. The third-order valence-corrected chi connectivity index (χ3v) is 3.04. The quantitative estimate of drug-likeness (QED) is 0.901. The van der Waals surface area contributed by atoms with E-state index < -0.39 is 0 Å². The van der Waals surface area contributed by atoms with Crippen LogP contribution in [-0.4, -0.2) is 25.9 Å². The Labute approximate surface area is 113 Å². The minimum absolute atomic E-state index is 0.232. The van der Waals surface area contributed by atoms with Gasteiger partial charge in [-0.15, -0.1) is 0 Å². The number of aromatic amines is 1. The minimum atomic E-state index is -0.336. The number of aryl methyl sites for hydroxylation is 1. The summed E-state index contributed by atoms with van der Waals surface area (Å²) in [5.41, 5.74) is 0.985. The van der Waals surface area contributed by atoms with Crippen LogP contribution in [0.2, 0.25) is 10.0 Å². The van der Waals surface area contributed by atoms with Crippen molar-refractivity contribution in [1.82, 2.24) is 25.3 Å². The Hall–Kier alpha value is -1.53. The van der Waals surface area contributed by atoms with E-state index in [1.165, 1.54) is 6.20 Å². The number of H-pyrrole nitrogens is 1. The normalized spacial score (nSPS) is 10.6. The van der Waals surface area contributed by atoms with Crippen LogP contribution in [0.25, 0.3) is 0 Å². The van der Waals surface area contributed by atoms with Crippen molar-refractivity contribution in [2.75, 3.05) is 0 Å². The topological polar surface area (TPSA) is 75.6 Å². The summed E-state index contributed by atoms with van der Waals surface area (Å²) in [6.07, 6.45) is 2.93. The molecule has 0 fully saturated rings. The molecular weight excluding hydrogens is 277 g/mol. The highest BCUT2D eigenvalue weighted by molar-refractivity contribution is 6.33. The fourth-order valence-electron chi connectivity index (χ4n) is 1.52. The fraction of sp³-hybridized carbons (Fsp3) is 0.300. The van der Waals surface area contributed by atoms with Crippen molar-refractivity contribution in [2.24, 2.45) is 0 Å². The number of aromatic nitrogens is 4. The molecule has 0 saturated heterocycles. The first-order valence-corrected chi connectivity index (χ1v) is 6.06. The van der Waals surface area contributed by atoms with Gasteiger partial charge in [0.1, 0.15) is 5.69 Å². The van der Waals surface area contributed by atoms with Crippen molar-refractivity contribution in [3.8, 4) is 0 Å². The van der Waals surface area contributed by atoms with E-state index in [0.29, 0.717) is 11.6 Å². The van der Waals surface area contributed by atoms with Gasteiger partial charge in [0.25, 0.3) is 5.91 Å². The lowest BCUT2D eigenvalue weighted by molar-refractivity contribution is 0.0945. The van der Waals surface area contributed by atoms with Gasteiger partial charge in [0.05, 0.1) is 34.7 Å². The lowest BCUT2D eigenvalue weighted by atomic mass is 10.3. The smallest absolute Gasteiger partial charge is 0.271 e. The zero-order chi connectivity index (χ0) is 13.1. The van der Waals surface area contributed by atoms with Gasteiger partial charge < -0.3 is 5.32 Å². The number of amides is 1. The second-order valence-corrected chi connectivity index (χ2v) is 4.34. The molecule has 96 valence electrons. The van der Waals surface area contributed by atoms with Crippen LogP contribution in [0.15, 0.2) is 12.4 Å². The van der Waals surface area contributed by atoms with Gasteiger partial charge in [-0.25, -0.2) is 0 Å². The van der Waals surface area contributed by atoms with Gasteiger partial charge in [-0.05, 0) is 6.92 Å². The van der Waals surface area contributed by atoms with Crippen molar-refractivity contribution in [3.05, 3.63) is 33.8 Å².